The van der Waals surface area contributed by atoms with Crippen molar-refractivity contribution >= 4 is 11.6 Å². The van der Waals surface area contributed by atoms with Crippen molar-refractivity contribution in [3.05, 3.63) is 27.7 Å². The average Bonchev–Trinajstić information content (AvgIpc) is 3.12. The van der Waals surface area contributed by atoms with Gasteiger partial charge in [0, 0.05) is 32.2 Å². The van der Waals surface area contributed by atoms with Crippen LogP contribution in [0.2, 0.25) is 5.15 Å². The molecule has 1 aliphatic heterocycles. The van der Waals surface area contributed by atoms with Gasteiger partial charge in [-0.3, -0.25) is 9.58 Å². The van der Waals surface area contributed by atoms with Gasteiger partial charge in [0.05, 0.1) is 24.1 Å². The Labute approximate surface area is 142 Å². The third-order valence-corrected chi connectivity index (χ3v) is 5.21. The molecule has 0 aromatic carbocycles. The van der Waals surface area contributed by atoms with Crippen LogP contribution in [0.1, 0.15) is 41.4 Å². The van der Waals surface area contributed by atoms with Gasteiger partial charge in [0.1, 0.15) is 5.15 Å². The summed E-state index contributed by atoms with van der Waals surface area (Å²) in [7, 11) is 5.52. The number of ether oxygens (including phenoxy) is 1. The van der Waals surface area contributed by atoms with Crippen LogP contribution in [-0.4, -0.2) is 38.1 Å². The van der Waals surface area contributed by atoms with Crippen LogP contribution in [0, 0.1) is 13.8 Å². The van der Waals surface area contributed by atoms with E-state index in [4.69, 9.17) is 16.3 Å². The molecule has 0 amide bonds. The molecule has 7 heteroatoms. The van der Waals surface area contributed by atoms with Crippen LogP contribution in [0.4, 0.5) is 0 Å². The molecule has 126 valence electrons. The first-order valence-corrected chi connectivity index (χ1v) is 8.31. The first-order valence-electron chi connectivity index (χ1n) is 7.93. The van der Waals surface area contributed by atoms with Gasteiger partial charge in [0.25, 0.3) is 0 Å². The molecule has 1 fully saturated rings. The second-order valence-corrected chi connectivity index (χ2v) is 6.60. The van der Waals surface area contributed by atoms with E-state index in [0.717, 1.165) is 47.5 Å². The Kier molecular flexibility index (Phi) is 4.38. The minimum atomic E-state index is 0.314. The standard InChI is InChI=1S/C16H24ClN5O/c1-10-12(15(17)20(3)18-10)9-22-8-6-7-13(22)14-11(2)19-21(4)16(14)23-5/h13H,6-9H2,1-5H3/t13-/m0/s1. The van der Waals surface area contributed by atoms with Crippen molar-refractivity contribution in [2.24, 2.45) is 14.1 Å². The number of nitrogens with zero attached hydrogens (tertiary/aromatic N) is 5. The molecule has 3 heterocycles. The molecule has 6 nitrogen and oxygen atoms in total. The molecular weight excluding hydrogens is 314 g/mol. The Bertz CT molecular complexity index is 721. The van der Waals surface area contributed by atoms with E-state index in [1.807, 2.05) is 25.7 Å². The molecule has 0 saturated carbocycles. The van der Waals surface area contributed by atoms with E-state index >= 15 is 0 Å². The lowest BCUT2D eigenvalue weighted by Crippen LogP contribution is -2.23. The van der Waals surface area contributed by atoms with E-state index in [-0.39, 0.29) is 0 Å². The molecule has 3 rings (SSSR count). The molecule has 0 radical (unpaired) electrons. The number of hydrogen-bond donors (Lipinski definition) is 0. The van der Waals surface area contributed by atoms with Gasteiger partial charge in [0.15, 0.2) is 0 Å². The topological polar surface area (TPSA) is 48.1 Å². The molecule has 0 N–H and O–H groups in total. The fourth-order valence-electron chi connectivity index (χ4n) is 3.68. The molecule has 0 unspecified atom stereocenters. The lowest BCUT2D eigenvalue weighted by Gasteiger charge is -2.25. The first kappa shape index (κ1) is 16.3. The summed E-state index contributed by atoms with van der Waals surface area (Å²) in [4.78, 5) is 2.46. The van der Waals surface area contributed by atoms with Crippen molar-refractivity contribution < 1.29 is 4.74 Å². The molecule has 23 heavy (non-hydrogen) atoms. The zero-order valence-corrected chi connectivity index (χ0v) is 15.2. The fourth-order valence-corrected chi connectivity index (χ4v) is 3.91. The fraction of sp³-hybridized carbons (Fsp3) is 0.625. The largest absolute Gasteiger partial charge is 0.481 e. The van der Waals surface area contributed by atoms with E-state index in [1.54, 1.807) is 11.8 Å². The molecule has 1 saturated heterocycles. The summed E-state index contributed by atoms with van der Waals surface area (Å²) in [6, 6.07) is 0.314. The molecule has 2 aromatic heterocycles. The SMILES string of the molecule is COc1c([C@@H]2CCCN2Cc2c(C)nn(C)c2Cl)c(C)nn1C. The molecular formula is C16H24ClN5O. The average molecular weight is 338 g/mol. The quantitative estimate of drug-likeness (QED) is 0.860. The van der Waals surface area contributed by atoms with E-state index < -0.39 is 0 Å². The summed E-state index contributed by atoms with van der Waals surface area (Å²) in [6.45, 7) is 5.92. The Morgan fingerprint density at radius 2 is 1.87 bits per heavy atom. The maximum absolute atomic E-state index is 6.41. The van der Waals surface area contributed by atoms with Crippen molar-refractivity contribution in [2.75, 3.05) is 13.7 Å². The van der Waals surface area contributed by atoms with Crippen LogP contribution in [0.15, 0.2) is 0 Å². The van der Waals surface area contributed by atoms with Crippen LogP contribution >= 0.6 is 11.6 Å². The van der Waals surface area contributed by atoms with Crippen LogP contribution in [0.5, 0.6) is 5.88 Å². The predicted molar refractivity (Wildman–Crippen MR) is 89.8 cm³/mol. The Balaban J connectivity index is 1.92. The number of aromatic nitrogens is 4. The van der Waals surface area contributed by atoms with E-state index in [2.05, 4.69) is 22.0 Å². The smallest absolute Gasteiger partial charge is 0.216 e. The van der Waals surface area contributed by atoms with Crippen molar-refractivity contribution in [1.29, 1.82) is 0 Å². The summed E-state index contributed by atoms with van der Waals surface area (Å²) in [6.07, 6.45) is 2.28. The molecule has 2 aromatic rings. The zero-order chi connectivity index (χ0) is 16.7. The van der Waals surface area contributed by atoms with Gasteiger partial charge in [-0.05, 0) is 33.2 Å². The Morgan fingerprint density at radius 3 is 2.48 bits per heavy atom. The highest BCUT2D eigenvalue weighted by atomic mass is 35.5. The van der Waals surface area contributed by atoms with Crippen molar-refractivity contribution in [2.45, 2.75) is 39.3 Å². The van der Waals surface area contributed by atoms with Gasteiger partial charge in [-0.1, -0.05) is 11.6 Å². The molecule has 1 atom stereocenters. The van der Waals surface area contributed by atoms with Crippen molar-refractivity contribution in [1.82, 2.24) is 24.5 Å². The van der Waals surface area contributed by atoms with Gasteiger partial charge in [0.2, 0.25) is 5.88 Å². The Morgan fingerprint density at radius 1 is 1.17 bits per heavy atom. The third kappa shape index (κ3) is 2.74. The first-order chi connectivity index (χ1) is 10.9. The summed E-state index contributed by atoms with van der Waals surface area (Å²) in [5.41, 5.74) is 4.35. The number of likely N-dealkylation sites (tertiary alicyclic amines) is 1. The van der Waals surface area contributed by atoms with Crippen molar-refractivity contribution in [3.8, 4) is 5.88 Å². The van der Waals surface area contributed by atoms with E-state index in [0.29, 0.717) is 6.04 Å². The Hall–Kier alpha value is -1.53. The minimum absolute atomic E-state index is 0.314. The molecule has 0 bridgehead atoms. The number of hydrogen-bond acceptors (Lipinski definition) is 4. The number of aryl methyl sites for hydroxylation is 4. The number of methoxy groups -OCH3 is 1. The second-order valence-electron chi connectivity index (χ2n) is 6.24. The van der Waals surface area contributed by atoms with Crippen LogP contribution in [0.25, 0.3) is 0 Å². The maximum Gasteiger partial charge on any atom is 0.216 e. The van der Waals surface area contributed by atoms with Crippen LogP contribution in [0.3, 0.4) is 0 Å². The van der Waals surface area contributed by atoms with Crippen LogP contribution in [-0.2, 0) is 20.6 Å². The molecule has 0 spiro atoms. The lowest BCUT2D eigenvalue weighted by molar-refractivity contribution is 0.240. The number of rotatable bonds is 4. The van der Waals surface area contributed by atoms with Gasteiger partial charge >= 0.3 is 0 Å². The summed E-state index contributed by atoms with van der Waals surface area (Å²) in [5.74, 6) is 0.855. The van der Waals surface area contributed by atoms with Gasteiger partial charge in [-0.25, -0.2) is 4.68 Å². The van der Waals surface area contributed by atoms with Gasteiger partial charge in [-0.2, -0.15) is 10.2 Å². The van der Waals surface area contributed by atoms with Gasteiger partial charge < -0.3 is 4.74 Å². The normalized spacial score (nSPS) is 18.8. The monoisotopic (exact) mass is 337 g/mol. The van der Waals surface area contributed by atoms with E-state index in [9.17, 15) is 0 Å². The highest BCUT2D eigenvalue weighted by molar-refractivity contribution is 6.30. The summed E-state index contributed by atoms with van der Waals surface area (Å²) < 4.78 is 9.16. The van der Waals surface area contributed by atoms with Gasteiger partial charge in [-0.15, -0.1) is 0 Å². The second kappa shape index (κ2) is 6.17. The van der Waals surface area contributed by atoms with E-state index in [1.165, 1.54) is 12.0 Å². The highest BCUT2D eigenvalue weighted by Gasteiger charge is 2.33. The third-order valence-electron chi connectivity index (χ3n) is 4.74. The molecule has 0 aliphatic carbocycles. The summed E-state index contributed by atoms with van der Waals surface area (Å²) in [5, 5.41) is 9.68. The minimum Gasteiger partial charge on any atom is -0.481 e. The zero-order valence-electron chi connectivity index (χ0n) is 14.4. The molecule has 1 aliphatic rings. The lowest BCUT2D eigenvalue weighted by atomic mass is 10.0. The highest BCUT2D eigenvalue weighted by Crippen LogP contribution is 2.40. The van der Waals surface area contributed by atoms with Crippen LogP contribution < -0.4 is 4.74 Å². The number of halogens is 1. The summed E-state index contributed by atoms with van der Waals surface area (Å²) >= 11 is 6.41. The predicted octanol–water partition coefficient (Wildman–Crippen LogP) is 2.77. The van der Waals surface area contributed by atoms with Crippen molar-refractivity contribution in [3.63, 3.8) is 0 Å². The maximum atomic E-state index is 6.41.